The van der Waals surface area contributed by atoms with Crippen molar-refractivity contribution in [2.45, 2.75) is 12.2 Å². The molecule has 0 spiro atoms. The van der Waals surface area contributed by atoms with Crippen LogP contribution in [0.2, 0.25) is 5.02 Å². The Hall–Kier alpha value is -3.70. The largest absolute Gasteiger partial charge is 0.507 e. The first-order valence-corrected chi connectivity index (χ1v) is 11.9. The minimum absolute atomic E-state index is 0.128. The summed E-state index contributed by atoms with van der Waals surface area (Å²) in [5, 5.41) is 21.7. The number of rotatable bonds is 6. The summed E-state index contributed by atoms with van der Waals surface area (Å²) in [4.78, 5) is 23.9. The lowest BCUT2D eigenvalue weighted by molar-refractivity contribution is -0.0540. The van der Waals surface area contributed by atoms with E-state index in [0.717, 1.165) is 0 Å². The summed E-state index contributed by atoms with van der Waals surface area (Å²) < 4.78 is 17.6. The fraction of sp³-hybridized carbons (Fsp3) is 0.231. The van der Waals surface area contributed by atoms with Gasteiger partial charge in [0.1, 0.15) is 29.6 Å². The van der Waals surface area contributed by atoms with Crippen molar-refractivity contribution in [2.24, 2.45) is 7.05 Å². The van der Waals surface area contributed by atoms with Crippen molar-refractivity contribution in [3.63, 3.8) is 0 Å². The average molecular weight is 526 g/mol. The van der Waals surface area contributed by atoms with Gasteiger partial charge in [0.2, 0.25) is 0 Å². The van der Waals surface area contributed by atoms with Crippen LogP contribution < -0.4 is 16.1 Å². The first-order valence-electron chi connectivity index (χ1n) is 11.6. The van der Waals surface area contributed by atoms with E-state index in [1.165, 1.54) is 21.3 Å². The number of pyridine rings is 1. The van der Waals surface area contributed by atoms with Gasteiger partial charge in [-0.05, 0) is 47.5 Å². The number of halogens is 2. The summed E-state index contributed by atoms with van der Waals surface area (Å²) >= 11 is 6.49. The first-order chi connectivity index (χ1) is 17.8. The third kappa shape index (κ3) is 4.72. The van der Waals surface area contributed by atoms with Gasteiger partial charge in [-0.3, -0.25) is 9.40 Å². The molecule has 11 heteroatoms. The molecule has 0 saturated carbocycles. The molecule has 5 rings (SSSR count). The summed E-state index contributed by atoms with van der Waals surface area (Å²) in [6.07, 6.45) is 3.66. The number of imidazole rings is 1. The van der Waals surface area contributed by atoms with E-state index in [2.05, 4.69) is 10.5 Å². The average Bonchev–Trinajstić information content (AvgIpc) is 3.42. The van der Waals surface area contributed by atoms with Gasteiger partial charge >= 0.3 is 5.69 Å². The maximum atomic E-state index is 14.8. The highest BCUT2D eigenvalue weighted by atomic mass is 35.5. The minimum Gasteiger partial charge on any atom is -0.507 e. The van der Waals surface area contributed by atoms with Crippen LogP contribution in [0, 0.1) is 5.82 Å². The van der Waals surface area contributed by atoms with Crippen LogP contribution in [-0.4, -0.2) is 56.7 Å². The number of anilines is 1. The van der Waals surface area contributed by atoms with Gasteiger partial charge in [0.15, 0.2) is 0 Å². The predicted octanol–water partition coefficient (Wildman–Crippen LogP) is 3.10. The number of phenolic OH excluding ortho intramolecular Hbond substituents is 1. The smallest absolute Gasteiger partial charge is 0.332 e. The molecule has 1 fully saturated rings. The van der Waals surface area contributed by atoms with Crippen LogP contribution in [0.15, 0.2) is 65.8 Å². The van der Waals surface area contributed by atoms with Crippen molar-refractivity contribution < 1.29 is 19.4 Å². The molecule has 2 aromatic heterocycles. The topological polar surface area (TPSA) is 105 Å². The van der Waals surface area contributed by atoms with E-state index in [1.54, 1.807) is 63.0 Å². The fourth-order valence-electron chi connectivity index (χ4n) is 4.53. The summed E-state index contributed by atoms with van der Waals surface area (Å²) in [6, 6.07) is 10.8. The number of benzene rings is 2. The van der Waals surface area contributed by atoms with Crippen LogP contribution in [0.3, 0.4) is 0 Å². The van der Waals surface area contributed by atoms with Crippen LogP contribution in [0.25, 0.3) is 27.9 Å². The maximum absolute atomic E-state index is 14.8. The standard InChI is InChI=1S/C26H25ClFN5O4/c1-29-37-23-14-32(13-22(23)34)24-10-16(5-6-30-24)19-12-17(28)11-18(25(19)35)15-3-4-21(20(27)9-15)33-8-7-31(2)26(33)36/h3-12,22-23,29,34-35H,13-14H2,1-2H3/t22-,23-/m1/s1. The number of nitrogens with one attached hydrogen (secondary N) is 1. The van der Waals surface area contributed by atoms with Gasteiger partial charge in [-0.2, -0.15) is 0 Å². The maximum Gasteiger partial charge on any atom is 0.332 e. The highest BCUT2D eigenvalue weighted by Crippen LogP contribution is 2.41. The van der Waals surface area contributed by atoms with E-state index >= 15 is 0 Å². The van der Waals surface area contributed by atoms with Crippen LogP contribution in [0.1, 0.15) is 0 Å². The molecule has 3 heterocycles. The Balaban J connectivity index is 1.50. The molecule has 0 bridgehead atoms. The minimum atomic E-state index is -0.702. The van der Waals surface area contributed by atoms with Gasteiger partial charge < -0.3 is 19.7 Å². The summed E-state index contributed by atoms with van der Waals surface area (Å²) in [7, 11) is 3.26. The number of hydroxylamine groups is 1. The van der Waals surface area contributed by atoms with Crippen LogP contribution >= 0.6 is 11.6 Å². The molecule has 2 aromatic carbocycles. The predicted molar refractivity (Wildman–Crippen MR) is 138 cm³/mol. The number of aliphatic hydroxyl groups excluding tert-OH is 1. The number of phenols is 1. The molecule has 1 aliphatic rings. The van der Waals surface area contributed by atoms with Crippen LogP contribution in [0.5, 0.6) is 5.75 Å². The lowest BCUT2D eigenvalue weighted by Crippen LogP contribution is -2.31. The summed E-state index contributed by atoms with van der Waals surface area (Å²) in [5.74, 6) is -0.110. The van der Waals surface area contributed by atoms with Crippen molar-refractivity contribution in [2.75, 3.05) is 25.0 Å². The van der Waals surface area contributed by atoms with Crippen molar-refractivity contribution in [1.29, 1.82) is 0 Å². The molecular weight excluding hydrogens is 501 g/mol. The van der Waals surface area contributed by atoms with E-state index in [9.17, 15) is 19.4 Å². The Labute approximate surface area is 216 Å². The molecule has 0 radical (unpaired) electrons. The summed E-state index contributed by atoms with van der Waals surface area (Å²) in [5.41, 5.74) is 4.38. The van der Waals surface area contributed by atoms with E-state index in [1.807, 2.05) is 4.90 Å². The number of aryl methyl sites for hydroxylation is 1. The van der Waals surface area contributed by atoms with E-state index in [4.69, 9.17) is 16.4 Å². The zero-order valence-electron chi connectivity index (χ0n) is 20.1. The second-order valence-electron chi connectivity index (χ2n) is 8.81. The lowest BCUT2D eigenvalue weighted by Gasteiger charge is -2.18. The quantitative estimate of drug-likeness (QED) is 0.332. The van der Waals surface area contributed by atoms with Crippen molar-refractivity contribution >= 4 is 17.4 Å². The molecule has 3 N–H and O–H groups in total. The number of β-amino-alcohol motifs (C(OH)–C–C–N with tert-alkyl or cyclic N) is 1. The number of hydrogen-bond acceptors (Lipinski definition) is 7. The normalized spacial score (nSPS) is 17.5. The van der Waals surface area contributed by atoms with Gasteiger partial charge in [-0.25, -0.2) is 19.6 Å². The second-order valence-corrected chi connectivity index (χ2v) is 9.22. The van der Waals surface area contributed by atoms with E-state index in [0.29, 0.717) is 35.7 Å². The lowest BCUT2D eigenvalue weighted by atomic mass is 9.97. The molecular formula is C26H25ClFN5O4. The molecule has 4 aromatic rings. The zero-order valence-corrected chi connectivity index (χ0v) is 20.9. The molecule has 2 atom stereocenters. The van der Waals surface area contributed by atoms with Crippen LogP contribution in [-0.2, 0) is 11.9 Å². The summed E-state index contributed by atoms with van der Waals surface area (Å²) in [6.45, 7) is 0.729. The zero-order chi connectivity index (χ0) is 26.3. The second kappa shape index (κ2) is 9.98. The number of hydrogen-bond donors (Lipinski definition) is 3. The molecule has 37 heavy (non-hydrogen) atoms. The van der Waals surface area contributed by atoms with Gasteiger partial charge in [0.05, 0.1) is 17.3 Å². The number of aromatic hydroxyl groups is 1. The SMILES string of the molecule is CNO[C@@H]1CN(c2cc(-c3cc(F)cc(-c4ccc(-n5ccn(C)c5=O)c(Cl)c4)c3O)ccn2)C[C@H]1O. The highest BCUT2D eigenvalue weighted by molar-refractivity contribution is 6.32. The van der Waals surface area contributed by atoms with Gasteiger partial charge in [0.25, 0.3) is 0 Å². The molecule has 192 valence electrons. The van der Waals surface area contributed by atoms with Crippen molar-refractivity contribution in [3.8, 4) is 33.7 Å². The Morgan fingerprint density at radius 1 is 1.11 bits per heavy atom. The third-order valence-electron chi connectivity index (χ3n) is 6.43. The Morgan fingerprint density at radius 2 is 1.84 bits per heavy atom. The number of nitrogens with zero attached hydrogens (tertiary/aromatic N) is 4. The Kier molecular flexibility index (Phi) is 6.74. The Morgan fingerprint density at radius 3 is 2.49 bits per heavy atom. The monoisotopic (exact) mass is 525 g/mol. The third-order valence-corrected chi connectivity index (χ3v) is 6.73. The number of aliphatic hydroxyl groups is 1. The molecule has 1 aliphatic heterocycles. The van der Waals surface area contributed by atoms with Gasteiger partial charge in [-0.1, -0.05) is 17.7 Å². The highest BCUT2D eigenvalue weighted by Gasteiger charge is 2.33. The van der Waals surface area contributed by atoms with Crippen molar-refractivity contribution in [3.05, 3.63) is 82.4 Å². The number of aromatic nitrogens is 3. The molecule has 9 nitrogen and oxygen atoms in total. The van der Waals surface area contributed by atoms with E-state index in [-0.39, 0.29) is 27.6 Å². The molecule has 0 aliphatic carbocycles. The Bertz CT molecular complexity index is 1520. The van der Waals surface area contributed by atoms with Gasteiger partial charge in [0, 0.05) is 50.4 Å². The molecule has 0 unspecified atom stereocenters. The van der Waals surface area contributed by atoms with E-state index < -0.39 is 18.0 Å². The molecule has 1 saturated heterocycles. The fourth-order valence-corrected chi connectivity index (χ4v) is 4.80. The molecule has 0 amide bonds. The van der Waals surface area contributed by atoms with Gasteiger partial charge in [-0.15, -0.1) is 0 Å². The first kappa shape index (κ1) is 25.0. The van der Waals surface area contributed by atoms with Crippen LogP contribution in [0.4, 0.5) is 10.2 Å². The van der Waals surface area contributed by atoms with Crippen molar-refractivity contribution in [1.82, 2.24) is 19.6 Å².